The number of nitrogens with zero attached hydrogens (tertiary/aromatic N) is 2. The van der Waals surface area contributed by atoms with Gasteiger partial charge in [0.05, 0.1) is 11.6 Å². The van der Waals surface area contributed by atoms with Crippen LogP contribution in [0.3, 0.4) is 0 Å². The Kier molecular flexibility index (Phi) is 5.08. The van der Waals surface area contributed by atoms with Crippen molar-refractivity contribution in [2.24, 2.45) is 0 Å². The molecule has 2 heterocycles. The van der Waals surface area contributed by atoms with Crippen molar-refractivity contribution in [3.63, 3.8) is 0 Å². The van der Waals surface area contributed by atoms with Gasteiger partial charge in [-0.05, 0) is 51.3 Å². The second-order valence-electron chi connectivity index (χ2n) is 5.44. The highest BCUT2D eigenvalue weighted by molar-refractivity contribution is 9.10. The molecule has 0 amide bonds. The quantitative estimate of drug-likeness (QED) is 0.908. The maximum atomic E-state index is 5.30. The van der Waals surface area contributed by atoms with E-state index in [9.17, 15) is 0 Å². The van der Waals surface area contributed by atoms with Gasteiger partial charge in [-0.1, -0.05) is 6.07 Å². The number of hydrogen-bond acceptors (Lipinski definition) is 4. The van der Waals surface area contributed by atoms with E-state index in [0.29, 0.717) is 6.04 Å². The maximum absolute atomic E-state index is 5.30. The van der Waals surface area contributed by atoms with Gasteiger partial charge in [-0.25, -0.2) is 0 Å². The largest absolute Gasteiger partial charge is 0.496 e. The van der Waals surface area contributed by atoms with Gasteiger partial charge < -0.3 is 10.1 Å². The third-order valence-corrected chi connectivity index (χ3v) is 4.67. The van der Waals surface area contributed by atoms with Crippen molar-refractivity contribution in [1.29, 1.82) is 0 Å². The molecule has 1 aromatic heterocycles. The van der Waals surface area contributed by atoms with Gasteiger partial charge in [0.2, 0.25) is 0 Å². The number of nitrogens with one attached hydrogen (secondary N) is 1. The van der Waals surface area contributed by atoms with Crippen LogP contribution in [0.15, 0.2) is 47.2 Å². The summed E-state index contributed by atoms with van der Waals surface area (Å²) in [6, 6.07) is 10.9. The Bertz CT molecular complexity index is 621. The monoisotopic (exact) mass is 361 g/mol. The fourth-order valence-corrected chi connectivity index (χ4v) is 3.48. The predicted molar refractivity (Wildman–Crippen MR) is 91.0 cm³/mol. The van der Waals surface area contributed by atoms with E-state index in [1.165, 1.54) is 11.1 Å². The molecular formula is C17H20BrN3O. The van der Waals surface area contributed by atoms with Gasteiger partial charge in [0.1, 0.15) is 5.75 Å². The molecule has 1 aromatic carbocycles. The van der Waals surface area contributed by atoms with Gasteiger partial charge in [0, 0.05) is 44.6 Å². The van der Waals surface area contributed by atoms with Crippen LogP contribution >= 0.6 is 15.9 Å². The molecule has 0 spiro atoms. The van der Waals surface area contributed by atoms with E-state index < -0.39 is 0 Å². The highest BCUT2D eigenvalue weighted by atomic mass is 79.9. The first-order valence-corrected chi connectivity index (χ1v) is 8.24. The lowest BCUT2D eigenvalue weighted by Gasteiger charge is -2.36. The number of aromatic nitrogens is 1. The lowest BCUT2D eigenvalue weighted by molar-refractivity contribution is 0.153. The van der Waals surface area contributed by atoms with Crippen LogP contribution in [0.1, 0.15) is 17.2 Å². The molecule has 1 aliphatic heterocycles. The average molecular weight is 362 g/mol. The number of benzene rings is 1. The minimum atomic E-state index is 0.387. The summed E-state index contributed by atoms with van der Waals surface area (Å²) in [5.41, 5.74) is 2.60. The summed E-state index contributed by atoms with van der Waals surface area (Å²) >= 11 is 3.57. The molecule has 0 bridgehead atoms. The number of halogens is 1. The van der Waals surface area contributed by atoms with Gasteiger partial charge in [0.15, 0.2) is 0 Å². The highest BCUT2D eigenvalue weighted by Gasteiger charge is 2.23. The number of pyridine rings is 1. The van der Waals surface area contributed by atoms with Crippen molar-refractivity contribution < 1.29 is 4.74 Å². The fourth-order valence-electron chi connectivity index (χ4n) is 2.89. The third-order valence-electron chi connectivity index (χ3n) is 4.05. The van der Waals surface area contributed by atoms with E-state index >= 15 is 0 Å². The molecule has 116 valence electrons. The highest BCUT2D eigenvalue weighted by Crippen LogP contribution is 2.28. The summed E-state index contributed by atoms with van der Waals surface area (Å²) in [5.74, 6) is 0.870. The van der Waals surface area contributed by atoms with Crippen LogP contribution in [0, 0.1) is 0 Å². The average Bonchev–Trinajstić information content (AvgIpc) is 2.56. The summed E-state index contributed by atoms with van der Waals surface area (Å²) < 4.78 is 6.31. The second-order valence-corrected chi connectivity index (χ2v) is 6.29. The van der Waals surface area contributed by atoms with Gasteiger partial charge in [-0.2, -0.15) is 0 Å². The molecule has 1 aliphatic rings. The van der Waals surface area contributed by atoms with Crippen LogP contribution in [0.4, 0.5) is 0 Å². The maximum Gasteiger partial charge on any atom is 0.133 e. The van der Waals surface area contributed by atoms with E-state index in [0.717, 1.165) is 36.4 Å². The standard InChI is InChI=1S/C17H20BrN3O/c1-22-17-3-2-13(10-15(17)18)12-21-9-8-20-11-16(21)14-4-6-19-7-5-14/h2-7,10,16,20H,8-9,11-12H2,1H3. The van der Waals surface area contributed by atoms with E-state index in [4.69, 9.17) is 4.74 Å². The Balaban J connectivity index is 1.78. The Morgan fingerprint density at radius 2 is 2.14 bits per heavy atom. The summed E-state index contributed by atoms with van der Waals surface area (Å²) in [6.07, 6.45) is 3.73. The van der Waals surface area contributed by atoms with Gasteiger partial charge in [-0.3, -0.25) is 9.88 Å². The molecular weight excluding hydrogens is 342 g/mol. The summed E-state index contributed by atoms with van der Waals surface area (Å²) in [7, 11) is 1.69. The third kappa shape index (κ3) is 3.48. The van der Waals surface area contributed by atoms with Gasteiger partial charge >= 0.3 is 0 Å². The zero-order valence-electron chi connectivity index (χ0n) is 12.6. The van der Waals surface area contributed by atoms with Crippen molar-refractivity contribution >= 4 is 15.9 Å². The molecule has 3 rings (SSSR count). The SMILES string of the molecule is COc1ccc(CN2CCNCC2c2ccncc2)cc1Br. The van der Waals surface area contributed by atoms with Crippen LogP contribution in [0.5, 0.6) is 5.75 Å². The van der Waals surface area contributed by atoms with Crippen LogP contribution in [0.25, 0.3) is 0 Å². The van der Waals surface area contributed by atoms with Crippen molar-refractivity contribution in [3.05, 3.63) is 58.3 Å². The normalized spacial score (nSPS) is 19.1. The van der Waals surface area contributed by atoms with Crippen molar-refractivity contribution in [1.82, 2.24) is 15.2 Å². The molecule has 0 radical (unpaired) electrons. The smallest absolute Gasteiger partial charge is 0.133 e. The molecule has 0 aliphatic carbocycles. The molecule has 1 fully saturated rings. The van der Waals surface area contributed by atoms with E-state index in [1.807, 2.05) is 18.5 Å². The van der Waals surface area contributed by atoms with E-state index in [-0.39, 0.29) is 0 Å². The molecule has 1 unspecified atom stereocenters. The van der Waals surface area contributed by atoms with Crippen molar-refractivity contribution in [3.8, 4) is 5.75 Å². The van der Waals surface area contributed by atoms with Crippen molar-refractivity contribution in [2.45, 2.75) is 12.6 Å². The summed E-state index contributed by atoms with van der Waals surface area (Å²) in [5, 5.41) is 3.49. The molecule has 22 heavy (non-hydrogen) atoms. The zero-order valence-corrected chi connectivity index (χ0v) is 14.2. The van der Waals surface area contributed by atoms with Crippen LogP contribution in [0.2, 0.25) is 0 Å². The number of hydrogen-bond donors (Lipinski definition) is 1. The molecule has 5 heteroatoms. The first kappa shape index (κ1) is 15.5. The fraction of sp³-hybridized carbons (Fsp3) is 0.353. The van der Waals surface area contributed by atoms with Crippen LogP contribution in [-0.4, -0.2) is 36.6 Å². The molecule has 2 aromatic rings. The summed E-state index contributed by atoms with van der Waals surface area (Å²) in [4.78, 5) is 6.63. The second kappa shape index (κ2) is 7.22. The molecule has 4 nitrogen and oxygen atoms in total. The topological polar surface area (TPSA) is 37.4 Å². The lowest BCUT2D eigenvalue weighted by Crippen LogP contribution is -2.45. The van der Waals surface area contributed by atoms with E-state index in [2.05, 4.69) is 55.4 Å². The summed E-state index contributed by atoms with van der Waals surface area (Å²) in [6.45, 7) is 3.97. The Morgan fingerprint density at radius 3 is 2.86 bits per heavy atom. The van der Waals surface area contributed by atoms with Crippen molar-refractivity contribution in [2.75, 3.05) is 26.7 Å². The first-order valence-electron chi connectivity index (χ1n) is 7.45. The molecule has 1 saturated heterocycles. The lowest BCUT2D eigenvalue weighted by atomic mass is 10.0. The van der Waals surface area contributed by atoms with E-state index in [1.54, 1.807) is 7.11 Å². The van der Waals surface area contributed by atoms with Gasteiger partial charge in [-0.15, -0.1) is 0 Å². The van der Waals surface area contributed by atoms with Crippen LogP contribution < -0.4 is 10.1 Å². The predicted octanol–water partition coefficient (Wildman–Crippen LogP) is 3.00. The number of rotatable bonds is 4. The minimum absolute atomic E-state index is 0.387. The number of piperazine rings is 1. The zero-order chi connectivity index (χ0) is 15.4. The molecule has 1 atom stereocenters. The molecule has 0 saturated carbocycles. The van der Waals surface area contributed by atoms with Crippen LogP contribution in [-0.2, 0) is 6.54 Å². The molecule has 1 N–H and O–H groups in total. The Hall–Kier alpha value is -1.43. The Morgan fingerprint density at radius 1 is 1.32 bits per heavy atom. The number of methoxy groups -OCH3 is 1. The Labute approximate surface area is 139 Å². The first-order chi connectivity index (χ1) is 10.8. The number of ether oxygens (including phenoxy) is 1. The van der Waals surface area contributed by atoms with Gasteiger partial charge in [0.25, 0.3) is 0 Å². The minimum Gasteiger partial charge on any atom is -0.496 e.